The van der Waals surface area contributed by atoms with Crippen LogP contribution in [0.2, 0.25) is 0 Å². The number of phosphoric acid groups is 3. The number of phosphoric ester groups is 3. The third-order valence-electron chi connectivity index (χ3n) is 12.3. The van der Waals surface area contributed by atoms with E-state index < -0.39 is 101 Å². The molecule has 29 heteroatoms. The molecule has 70 heavy (non-hydrogen) atoms. The van der Waals surface area contributed by atoms with Gasteiger partial charge >= 0.3 is 29.4 Å². The highest BCUT2D eigenvalue weighted by atomic mass is 31.3. The first-order valence-electron chi connectivity index (χ1n) is 22.3. The van der Waals surface area contributed by atoms with E-state index in [-0.39, 0.29) is 48.7 Å². The number of carbonyl (C=O) groups excluding carboxylic acids is 3. The lowest BCUT2D eigenvalue weighted by Crippen LogP contribution is -2.46. The van der Waals surface area contributed by atoms with Crippen LogP contribution in [0.3, 0.4) is 0 Å². The summed E-state index contributed by atoms with van der Waals surface area (Å²) in [6.45, 7) is 3.96. The molecular formula is C41H62N7O19P3. The minimum Gasteiger partial charge on any atom is -0.481 e. The van der Waals surface area contributed by atoms with Gasteiger partial charge in [-0.2, -0.15) is 4.31 Å². The van der Waals surface area contributed by atoms with Crippen LogP contribution in [-0.2, 0) is 68.3 Å². The highest BCUT2D eigenvalue weighted by Gasteiger charge is 2.51. The quantitative estimate of drug-likeness (QED) is 0.0447. The Balaban J connectivity index is 0.999. The SMILES string of the molecule is CC(C)(CCCc1ccccc1CCCC1(C(=O)O)CC1)C(=O)CCNC(=O)CCNC(=O)C(O)C(C)(C)COP(=O)(O)OP(=O)(O)OCC1OC(n2cnc3c(N)ncnc32)C(O)C1OP(=O)(O)O. The average Bonchev–Trinajstić information content (AvgIpc) is 3.85. The number of nitrogen functional groups attached to an aromatic ring is 1. The van der Waals surface area contributed by atoms with Crippen LogP contribution in [0.1, 0.15) is 96.4 Å². The number of nitrogens with zero attached hydrogens (tertiary/aromatic N) is 4. The van der Waals surface area contributed by atoms with E-state index in [2.05, 4.69) is 46.6 Å². The molecule has 1 aliphatic carbocycles. The van der Waals surface area contributed by atoms with Crippen molar-refractivity contribution in [3.05, 3.63) is 48.0 Å². The second-order valence-corrected chi connectivity index (χ2v) is 22.9. The van der Waals surface area contributed by atoms with Crippen LogP contribution in [0.25, 0.3) is 11.2 Å². The Bertz CT molecular complexity index is 2500. The summed E-state index contributed by atoms with van der Waals surface area (Å²) in [5.41, 5.74) is 5.37. The van der Waals surface area contributed by atoms with Crippen LogP contribution < -0.4 is 16.4 Å². The Morgan fingerprint density at radius 2 is 1.56 bits per heavy atom. The number of fused-ring (bicyclic) bond motifs is 1. The lowest BCUT2D eigenvalue weighted by Gasteiger charge is -2.30. The number of aliphatic hydroxyl groups is 2. The van der Waals surface area contributed by atoms with E-state index in [0.29, 0.717) is 12.8 Å². The molecule has 2 fully saturated rings. The first kappa shape index (κ1) is 56.8. The van der Waals surface area contributed by atoms with Gasteiger partial charge in [-0.05, 0) is 62.5 Å². The van der Waals surface area contributed by atoms with Crippen molar-refractivity contribution in [1.29, 1.82) is 0 Å². The van der Waals surface area contributed by atoms with Crippen molar-refractivity contribution in [3.63, 3.8) is 0 Å². The molecule has 1 saturated heterocycles. The van der Waals surface area contributed by atoms with Crippen molar-refractivity contribution in [2.75, 3.05) is 32.0 Å². The lowest BCUT2D eigenvalue weighted by atomic mass is 9.80. The highest BCUT2D eigenvalue weighted by Crippen LogP contribution is 2.61. The number of benzene rings is 1. The number of ketones is 1. The summed E-state index contributed by atoms with van der Waals surface area (Å²) >= 11 is 0. The molecule has 3 heterocycles. The normalized spacial score (nSPS) is 21.4. The third kappa shape index (κ3) is 15.7. The zero-order valence-electron chi connectivity index (χ0n) is 39.0. The number of nitrogens with two attached hydrogens (primary N) is 1. The maximum absolute atomic E-state index is 13.1. The molecule has 5 rings (SSSR count). The maximum atomic E-state index is 13.1. The van der Waals surface area contributed by atoms with Crippen LogP contribution in [0.15, 0.2) is 36.9 Å². The smallest absolute Gasteiger partial charge is 0.481 e. The molecular weight excluding hydrogens is 987 g/mol. The van der Waals surface area contributed by atoms with Gasteiger partial charge in [-0.25, -0.2) is 28.6 Å². The van der Waals surface area contributed by atoms with Crippen molar-refractivity contribution < 1.29 is 90.4 Å². The van der Waals surface area contributed by atoms with E-state index in [1.165, 1.54) is 25.0 Å². The van der Waals surface area contributed by atoms with Gasteiger partial charge in [0, 0.05) is 36.8 Å². The largest absolute Gasteiger partial charge is 0.481 e. The van der Waals surface area contributed by atoms with Crippen LogP contribution >= 0.6 is 23.5 Å². The van der Waals surface area contributed by atoms with Gasteiger partial charge in [0.05, 0.1) is 25.0 Å². The van der Waals surface area contributed by atoms with Crippen molar-refractivity contribution >= 4 is 64.0 Å². The number of ether oxygens (including phenoxy) is 1. The Hall–Kier alpha value is -4.10. The molecule has 0 spiro atoms. The van der Waals surface area contributed by atoms with Crippen molar-refractivity contribution in [2.45, 2.75) is 123 Å². The second-order valence-electron chi connectivity index (χ2n) is 18.7. The molecule has 26 nitrogen and oxygen atoms in total. The first-order valence-corrected chi connectivity index (χ1v) is 26.8. The first-order chi connectivity index (χ1) is 32.6. The number of nitrogens with one attached hydrogen (secondary N) is 2. The zero-order valence-corrected chi connectivity index (χ0v) is 41.7. The summed E-state index contributed by atoms with van der Waals surface area (Å²) < 4.78 is 62.6. The molecule has 7 unspecified atom stereocenters. The van der Waals surface area contributed by atoms with E-state index >= 15 is 0 Å². The van der Waals surface area contributed by atoms with E-state index in [9.17, 15) is 67.8 Å². The predicted octanol–water partition coefficient (Wildman–Crippen LogP) is 2.60. The molecule has 0 radical (unpaired) electrons. The molecule has 1 saturated carbocycles. The Morgan fingerprint density at radius 3 is 2.19 bits per heavy atom. The lowest BCUT2D eigenvalue weighted by molar-refractivity contribution is -0.143. The topological polar surface area (TPSA) is 401 Å². The fraction of sp³-hybridized carbons (Fsp3) is 0.634. The van der Waals surface area contributed by atoms with Gasteiger partial charge < -0.3 is 56.0 Å². The highest BCUT2D eigenvalue weighted by molar-refractivity contribution is 7.61. The van der Waals surface area contributed by atoms with Crippen LogP contribution in [-0.4, -0.2) is 129 Å². The van der Waals surface area contributed by atoms with Gasteiger partial charge in [-0.1, -0.05) is 52.0 Å². The molecule has 0 bridgehead atoms. The predicted molar refractivity (Wildman–Crippen MR) is 245 cm³/mol. The number of carbonyl (C=O) groups is 4. The number of rotatable bonds is 29. The maximum Gasteiger partial charge on any atom is 0.481 e. The number of aliphatic carboxylic acids is 1. The summed E-state index contributed by atoms with van der Waals surface area (Å²) in [6.07, 6.45) is -1.18. The summed E-state index contributed by atoms with van der Waals surface area (Å²) in [5.74, 6) is -2.30. The summed E-state index contributed by atoms with van der Waals surface area (Å²) in [7, 11) is -16.5. The van der Waals surface area contributed by atoms with Crippen LogP contribution in [0, 0.1) is 16.2 Å². The van der Waals surface area contributed by atoms with Gasteiger partial charge in [0.15, 0.2) is 17.7 Å². The fourth-order valence-corrected chi connectivity index (χ4v) is 10.7. The number of anilines is 1. The van der Waals surface area contributed by atoms with Gasteiger partial charge in [0.25, 0.3) is 0 Å². The number of aliphatic hydroxyl groups excluding tert-OH is 2. The number of Topliss-reactive ketones (excluding diaryl/α,β-unsaturated/α-hetero) is 1. The van der Waals surface area contributed by atoms with Crippen molar-refractivity contribution in [3.8, 4) is 0 Å². The van der Waals surface area contributed by atoms with Crippen molar-refractivity contribution in [2.24, 2.45) is 16.2 Å². The minimum atomic E-state index is -5.60. The Kier molecular flexibility index (Phi) is 18.8. The number of hydrogen-bond donors (Lipinski definition) is 10. The minimum absolute atomic E-state index is 0.0233. The third-order valence-corrected chi connectivity index (χ3v) is 15.4. The standard InChI is InChI=1S/C41H62N7O19P3/c1-39(2,15-7-11-25-9-5-6-10-26(25)12-8-16-41(17-18-41)38(54)55)28(49)13-19-43-29(50)14-20-44-36(53)33(52)40(3,4)22-64-70(61,62)67-69(59,60)63-21-27-32(66-68(56,57)58)31(51)37(65-27)48-24-47-30-34(42)45-23-46-35(30)48/h5-6,9-10,23-24,27,31-33,37,51-52H,7-8,11-22H2,1-4H3,(H,43,50)(H,44,53)(H,54,55)(H,59,60)(H,61,62)(H2,42,45,46)(H2,56,57,58). The summed E-state index contributed by atoms with van der Waals surface area (Å²) in [5, 5.41) is 36.1. The van der Waals surface area contributed by atoms with Gasteiger partial charge in [0.1, 0.15) is 42.0 Å². The fourth-order valence-electron chi connectivity index (χ4n) is 7.84. The van der Waals surface area contributed by atoms with E-state index in [0.717, 1.165) is 55.7 Å². The van der Waals surface area contributed by atoms with Gasteiger partial charge in [-0.15, -0.1) is 0 Å². The molecule has 1 aliphatic heterocycles. The number of carboxylic acid groups (broad SMARTS) is 1. The molecule has 2 aromatic heterocycles. The summed E-state index contributed by atoms with van der Waals surface area (Å²) in [6, 6.07) is 8.05. The molecule has 390 valence electrons. The van der Waals surface area contributed by atoms with E-state index in [1.807, 2.05) is 26.0 Å². The summed E-state index contributed by atoms with van der Waals surface area (Å²) in [4.78, 5) is 101. The molecule has 11 N–H and O–H groups in total. The van der Waals surface area contributed by atoms with Gasteiger partial charge in [0.2, 0.25) is 11.8 Å². The molecule has 1 aromatic carbocycles. The van der Waals surface area contributed by atoms with Crippen LogP contribution in [0.5, 0.6) is 0 Å². The molecule has 7 atom stereocenters. The Labute approximate surface area is 402 Å². The van der Waals surface area contributed by atoms with E-state index in [4.69, 9.17) is 19.5 Å². The number of amides is 2. The average molecular weight is 1050 g/mol. The molecule has 3 aromatic rings. The molecule has 2 aliphatic rings. The number of carboxylic acids is 1. The molecule has 2 amide bonds. The number of aromatic nitrogens is 4. The van der Waals surface area contributed by atoms with Crippen LogP contribution in [0.4, 0.5) is 5.82 Å². The number of hydrogen-bond acceptors (Lipinski definition) is 18. The number of aryl methyl sites for hydroxylation is 2. The van der Waals surface area contributed by atoms with Crippen molar-refractivity contribution in [1.82, 2.24) is 30.2 Å². The monoisotopic (exact) mass is 1050 g/mol. The Morgan fingerprint density at radius 1 is 0.929 bits per heavy atom. The number of imidazole rings is 1. The van der Waals surface area contributed by atoms with E-state index in [1.54, 1.807) is 0 Å². The van der Waals surface area contributed by atoms with Gasteiger partial charge in [-0.3, -0.25) is 37.3 Å². The second kappa shape index (κ2) is 23.2. The zero-order chi connectivity index (χ0) is 51.9.